The molecule has 93 valence electrons. The lowest BCUT2D eigenvalue weighted by Gasteiger charge is -2.12. The molecular formula is C12H7F3NO2. The fraction of sp³-hybridized carbons (Fsp3) is 0.0833. The van der Waals surface area contributed by atoms with Crippen molar-refractivity contribution >= 4 is 0 Å². The van der Waals surface area contributed by atoms with E-state index in [1.54, 1.807) is 24.3 Å². The largest absolute Gasteiger partial charge is 0.573 e. The number of benzene rings is 1. The zero-order chi connectivity index (χ0) is 13.0. The summed E-state index contributed by atoms with van der Waals surface area (Å²) >= 11 is 0. The molecule has 0 saturated heterocycles. The van der Waals surface area contributed by atoms with E-state index < -0.39 is 12.1 Å². The molecule has 1 aromatic heterocycles. The lowest BCUT2D eigenvalue weighted by Crippen LogP contribution is -2.17. The predicted molar refractivity (Wildman–Crippen MR) is 56.3 cm³/mol. The molecule has 0 aliphatic rings. The van der Waals surface area contributed by atoms with Crippen LogP contribution in [0.2, 0.25) is 0 Å². The molecule has 6 heteroatoms. The minimum atomic E-state index is -4.77. The molecule has 0 spiro atoms. The average molecular weight is 254 g/mol. The molecule has 0 bridgehead atoms. The van der Waals surface area contributed by atoms with Crippen LogP contribution in [-0.4, -0.2) is 11.3 Å². The summed E-state index contributed by atoms with van der Waals surface area (Å²) in [6.07, 6.45) is -2.44. The van der Waals surface area contributed by atoms with E-state index in [-0.39, 0.29) is 5.75 Å². The van der Waals surface area contributed by atoms with Crippen molar-refractivity contribution in [1.82, 2.24) is 4.98 Å². The molecule has 1 aromatic carbocycles. The second kappa shape index (κ2) is 4.95. The molecule has 0 saturated carbocycles. The van der Waals surface area contributed by atoms with E-state index in [1.807, 2.05) is 0 Å². The first-order chi connectivity index (χ1) is 8.54. The third-order valence-corrected chi connectivity index (χ3v) is 1.89. The summed E-state index contributed by atoms with van der Waals surface area (Å²) in [6, 6.07) is 10.1. The molecule has 0 aliphatic carbocycles. The minimum absolute atomic E-state index is 0.110. The van der Waals surface area contributed by atoms with Crippen molar-refractivity contribution in [2.75, 3.05) is 0 Å². The zero-order valence-electron chi connectivity index (χ0n) is 8.94. The minimum Gasteiger partial charge on any atom is -0.452 e. The van der Waals surface area contributed by atoms with Crippen LogP contribution in [0, 0.1) is 6.07 Å². The Morgan fingerprint density at radius 2 is 1.78 bits per heavy atom. The summed E-state index contributed by atoms with van der Waals surface area (Å²) in [7, 11) is 0. The molecule has 1 heterocycles. The van der Waals surface area contributed by atoms with Gasteiger partial charge in [-0.15, -0.1) is 13.2 Å². The topological polar surface area (TPSA) is 31.4 Å². The Balaban J connectivity index is 2.23. The number of aromatic nitrogens is 1. The van der Waals surface area contributed by atoms with Gasteiger partial charge in [0.2, 0.25) is 0 Å². The Morgan fingerprint density at radius 1 is 1.06 bits per heavy atom. The normalized spacial score (nSPS) is 11.1. The van der Waals surface area contributed by atoms with Crippen LogP contribution in [-0.2, 0) is 0 Å². The van der Waals surface area contributed by atoms with Crippen molar-refractivity contribution in [3.8, 4) is 17.2 Å². The molecule has 18 heavy (non-hydrogen) atoms. The Kier molecular flexibility index (Phi) is 3.36. The number of hydrogen-bond donors (Lipinski definition) is 0. The van der Waals surface area contributed by atoms with Gasteiger partial charge in [-0.1, -0.05) is 12.1 Å². The van der Waals surface area contributed by atoms with E-state index in [9.17, 15) is 13.2 Å². The van der Waals surface area contributed by atoms with Crippen LogP contribution in [0.4, 0.5) is 13.2 Å². The van der Waals surface area contributed by atoms with E-state index in [0.29, 0.717) is 5.75 Å². The maximum absolute atomic E-state index is 12.2. The molecule has 3 nitrogen and oxygen atoms in total. The number of hydrogen-bond acceptors (Lipinski definition) is 3. The van der Waals surface area contributed by atoms with Crippen molar-refractivity contribution < 1.29 is 22.6 Å². The highest BCUT2D eigenvalue weighted by Gasteiger charge is 2.32. The summed E-state index contributed by atoms with van der Waals surface area (Å²) in [5.41, 5.74) is 0. The fourth-order valence-corrected chi connectivity index (χ4v) is 1.22. The van der Waals surface area contributed by atoms with Gasteiger partial charge in [0, 0.05) is 12.3 Å². The van der Waals surface area contributed by atoms with E-state index in [2.05, 4.69) is 15.8 Å². The van der Waals surface area contributed by atoms with Crippen molar-refractivity contribution in [3.63, 3.8) is 0 Å². The molecule has 0 N–H and O–H groups in total. The smallest absolute Gasteiger partial charge is 0.452 e. The van der Waals surface area contributed by atoms with Gasteiger partial charge in [-0.25, -0.2) is 0 Å². The van der Waals surface area contributed by atoms with Crippen LogP contribution >= 0.6 is 0 Å². The van der Waals surface area contributed by atoms with Gasteiger partial charge in [0.15, 0.2) is 11.5 Å². The molecule has 0 aliphatic heterocycles. The van der Waals surface area contributed by atoms with Crippen LogP contribution in [0.25, 0.3) is 0 Å². The molecule has 0 amide bonds. The Labute approximate surface area is 101 Å². The van der Waals surface area contributed by atoms with E-state index in [1.165, 1.54) is 6.20 Å². The van der Waals surface area contributed by atoms with Gasteiger partial charge in [-0.3, -0.25) is 4.98 Å². The Hall–Kier alpha value is -2.24. The number of nitrogens with zero attached hydrogens (tertiary/aromatic N) is 1. The Bertz CT molecular complexity index is 514. The molecular weight excluding hydrogens is 247 g/mol. The van der Waals surface area contributed by atoms with Gasteiger partial charge in [0.25, 0.3) is 0 Å². The zero-order valence-corrected chi connectivity index (χ0v) is 8.94. The molecule has 0 unspecified atom stereocenters. The number of alkyl halides is 3. The molecule has 2 aromatic rings. The van der Waals surface area contributed by atoms with Crippen LogP contribution in [0.15, 0.2) is 42.7 Å². The van der Waals surface area contributed by atoms with Gasteiger partial charge < -0.3 is 9.47 Å². The summed E-state index contributed by atoms with van der Waals surface area (Å²) in [5, 5.41) is 0. The van der Waals surface area contributed by atoms with Gasteiger partial charge in [0.1, 0.15) is 5.75 Å². The standard InChI is InChI=1S/C12H7F3NO2/c13-12(14,15)18-10-6-7-16-8-11(10)17-9-4-2-1-3-5-9/h2-8H. The first-order valence-corrected chi connectivity index (χ1v) is 4.88. The lowest BCUT2D eigenvalue weighted by atomic mass is 10.3. The fourth-order valence-electron chi connectivity index (χ4n) is 1.22. The SMILES string of the molecule is FC(F)(F)Oc1ccncc1Oc1cc[c]cc1. The average Bonchev–Trinajstić information content (AvgIpc) is 2.31. The van der Waals surface area contributed by atoms with Crippen LogP contribution in [0.1, 0.15) is 0 Å². The highest BCUT2D eigenvalue weighted by atomic mass is 19.4. The van der Waals surface area contributed by atoms with Gasteiger partial charge in [0.05, 0.1) is 6.20 Å². The number of rotatable bonds is 3. The first-order valence-electron chi connectivity index (χ1n) is 4.88. The maximum Gasteiger partial charge on any atom is 0.573 e. The second-order valence-corrected chi connectivity index (χ2v) is 3.21. The van der Waals surface area contributed by atoms with Gasteiger partial charge >= 0.3 is 6.36 Å². The van der Waals surface area contributed by atoms with Crippen LogP contribution < -0.4 is 9.47 Å². The quantitative estimate of drug-likeness (QED) is 0.839. The van der Waals surface area contributed by atoms with Crippen molar-refractivity contribution in [3.05, 3.63) is 48.8 Å². The summed E-state index contributed by atoms with van der Waals surface area (Å²) in [6.45, 7) is 0. The van der Waals surface area contributed by atoms with E-state index >= 15 is 0 Å². The first kappa shape index (κ1) is 12.2. The van der Waals surface area contributed by atoms with Gasteiger partial charge in [-0.2, -0.15) is 0 Å². The van der Waals surface area contributed by atoms with Crippen LogP contribution in [0.3, 0.4) is 0 Å². The maximum atomic E-state index is 12.2. The van der Waals surface area contributed by atoms with Gasteiger partial charge in [-0.05, 0) is 18.2 Å². The highest BCUT2D eigenvalue weighted by molar-refractivity contribution is 5.40. The monoisotopic (exact) mass is 254 g/mol. The number of halogens is 3. The van der Waals surface area contributed by atoms with E-state index in [4.69, 9.17) is 4.74 Å². The molecule has 0 atom stereocenters. The summed E-state index contributed by atoms with van der Waals surface area (Å²) in [5.74, 6) is -0.180. The lowest BCUT2D eigenvalue weighted by molar-refractivity contribution is -0.275. The predicted octanol–water partition coefficient (Wildman–Crippen LogP) is 3.57. The third-order valence-electron chi connectivity index (χ3n) is 1.89. The number of ether oxygens (including phenoxy) is 2. The highest BCUT2D eigenvalue weighted by Crippen LogP contribution is 2.33. The van der Waals surface area contributed by atoms with Crippen molar-refractivity contribution in [1.29, 1.82) is 0 Å². The van der Waals surface area contributed by atoms with Crippen molar-refractivity contribution in [2.24, 2.45) is 0 Å². The summed E-state index contributed by atoms with van der Waals surface area (Å²) < 4.78 is 45.6. The molecule has 2 rings (SSSR count). The van der Waals surface area contributed by atoms with Crippen LogP contribution in [0.5, 0.6) is 17.2 Å². The number of pyridine rings is 1. The summed E-state index contributed by atoms with van der Waals surface area (Å²) in [4.78, 5) is 3.69. The Morgan fingerprint density at radius 3 is 2.44 bits per heavy atom. The third kappa shape index (κ3) is 3.38. The van der Waals surface area contributed by atoms with E-state index in [0.717, 1.165) is 12.3 Å². The van der Waals surface area contributed by atoms with Crippen molar-refractivity contribution in [2.45, 2.75) is 6.36 Å². The molecule has 1 radical (unpaired) electrons. The molecule has 0 fully saturated rings. The second-order valence-electron chi connectivity index (χ2n) is 3.21.